The summed E-state index contributed by atoms with van der Waals surface area (Å²) in [6.45, 7) is 15.0. The SMILES string of the molecule is CC(=O)OC1[C@@]2(C)CCC[C@]1(C)CN(C(C)(C)C)C2. The molecule has 0 aromatic rings. The molecule has 3 nitrogen and oxygen atoms in total. The van der Waals surface area contributed by atoms with Crippen molar-refractivity contribution in [2.45, 2.75) is 72.4 Å². The summed E-state index contributed by atoms with van der Waals surface area (Å²) in [6, 6.07) is 0. The van der Waals surface area contributed by atoms with Crippen LogP contribution in [0.15, 0.2) is 0 Å². The number of likely N-dealkylation sites (tertiary alicyclic amines) is 1. The van der Waals surface area contributed by atoms with Gasteiger partial charge in [-0.25, -0.2) is 0 Å². The Morgan fingerprint density at radius 1 is 1.16 bits per heavy atom. The molecule has 1 heterocycles. The molecule has 1 aliphatic carbocycles. The molecule has 2 rings (SSSR count). The summed E-state index contributed by atoms with van der Waals surface area (Å²) in [5.41, 5.74) is 0.384. The van der Waals surface area contributed by atoms with Crippen molar-refractivity contribution in [3.05, 3.63) is 0 Å². The molecule has 0 N–H and O–H groups in total. The predicted molar refractivity (Wildman–Crippen MR) is 76.9 cm³/mol. The molecule has 2 bridgehead atoms. The van der Waals surface area contributed by atoms with E-state index in [1.807, 2.05) is 0 Å². The monoisotopic (exact) mass is 267 g/mol. The van der Waals surface area contributed by atoms with Crippen LogP contribution >= 0.6 is 0 Å². The summed E-state index contributed by atoms with van der Waals surface area (Å²) in [5.74, 6) is -0.131. The lowest BCUT2D eigenvalue weighted by atomic mass is 9.57. The van der Waals surface area contributed by atoms with Crippen molar-refractivity contribution in [2.24, 2.45) is 10.8 Å². The zero-order valence-corrected chi connectivity index (χ0v) is 13.4. The van der Waals surface area contributed by atoms with E-state index < -0.39 is 0 Å². The summed E-state index contributed by atoms with van der Waals surface area (Å²) in [5, 5.41) is 0. The van der Waals surface area contributed by atoms with E-state index in [0.29, 0.717) is 0 Å². The molecule has 0 radical (unpaired) electrons. The van der Waals surface area contributed by atoms with Crippen LogP contribution in [0.2, 0.25) is 0 Å². The van der Waals surface area contributed by atoms with Gasteiger partial charge in [0.05, 0.1) is 0 Å². The fourth-order valence-electron chi connectivity index (χ4n) is 4.18. The van der Waals surface area contributed by atoms with Crippen LogP contribution < -0.4 is 0 Å². The average molecular weight is 267 g/mol. The normalized spacial score (nSPS) is 40.0. The molecule has 3 heteroatoms. The molecular weight excluding hydrogens is 238 g/mol. The molecule has 0 spiro atoms. The van der Waals surface area contributed by atoms with Crippen LogP contribution in [0.4, 0.5) is 0 Å². The molecule has 0 aromatic heterocycles. The maximum atomic E-state index is 11.5. The van der Waals surface area contributed by atoms with Gasteiger partial charge in [0.15, 0.2) is 0 Å². The molecule has 110 valence electrons. The molecule has 2 fully saturated rings. The van der Waals surface area contributed by atoms with Crippen LogP contribution in [0.5, 0.6) is 0 Å². The highest BCUT2D eigenvalue weighted by molar-refractivity contribution is 5.66. The summed E-state index contributed by atoms with van der Waals surface area (Å²) in [7, 11) is 0. The lowest BCUT2D eigenvalue weighted by Crippen LogP contribution is -2.66. The van der Waals surface area contributed by atoms with Gasteiger partial charge in [0.2, 0.25) is 0 Å². The van der Waals surface area contributed by atoms with Crippen LogP contribution in [-0.2, 0) is 9.53 Å². The van der Waals surface area contributed by atoms with Crippen molar-refractivity contribution in [2.75, 3.05) is 13.1 Å². The number of esters is 1. The molecule has 1 aliphatic heterocycles. The Bertz CT molecular complexity index is 353. The van der Waals surface area contributed by atoms with Crippen LogP contribution in [0.25, 0.3) is 0 Å². The molecule has 2 aliphatic rings. The molecule has 3 atom stereocenters. The Morgan fingerprint density at radius 2 is 1.63 bits per heavy atom. The summed E-state index contributed by atoms with van der Waals surface area (Å²) in [4.78, 5) is 14.0. The van der Waals surface area contributed by atoms with Crippen LogP contribution in [0, 0.1) is 10.8 Å². The predicted octanol–water partition coefficient (Wildman–Crippen LogP) is 3.23. The number of carbonyl (C=O) groups excluding carboxylic acids is 1. The van der Waals surface area contributed by atoms with Gasteiger partial charge in [-0.1, -0.05) is 20.3 Å². The quantitative estimate of drug-likeness (QED) is 0.683. The molecule has 1 unspecified atom stereocenters. The number of ether oxygens (including phenoxy) is 1. The van der Waals surface area contributed by atoms with Crippen molar-refractivity contribution in [3.63, 3.8) is 0 Å². The zero-order chi connectivity index (χ0) is 14.5. The number of hydrogen-bond donors (Lipinski definition) is 0. The number of piperidine rings is 1. The van der Waals surface area contributed by atoms with E-state index in [9.17, 15) is 4.79 Å². The molecule has 0 aromatic carbocycles. The van der Waals surface area contributed by atoms with Gasteiger partial charge in [-0.2, -0.15) is 0 Å². The zero-order valence-electron chi connectivity index (χ0n) is 13.4. The van der Waals surface area contributed by atoms with Crippen molar-refractivity contribution >= 4 is 5.97 Å². The lowest BCUT2D eigenvalue weighted by Gasteiger charge is -2.60. The van der Waals surface area contributed by atoms with Crippen LogP contribution in [-0.4, -0.2) is 35.6 Å². The third-order valence-electron chi connectivity index (χ3n) is 5.10. The highest BCUT2D eigenvalue weighted by Crippen LogP contribution is 2.53. The van der Waals surface area contributed by atoms with Gasteiger partial charge < -0.3 is 4.74 Å². The minimum absolute atomic E-state index is 0.0739. The standard InChI is InChI=1S/C16H29NO2/c1-12(18)19-13-15(5)8-7-9-16(13,6)11-17(10-15)14(2,3)4/h13H,7-11H2,1-6H3/t13?,15-,16+. The number of fused-ring (bicyclic) bond motifs is 2. The van der Waals surface area contributed by atoms with E-state index in [1.54, 1.807) is 6.92 Å². The lowest BCUT2D eigenvalue weighted by molar-refractivity contribution is -0.199. The molecule has 0 amide bonds. The number of hydrogen-bond acceptors (Lipinski definition) is 3. The average Bonchev–Trinajstić information content (AvgIpc) is 2.19. The summed E-state index contributed by atoms with van der Waals surface area (Å²) in [6.07, 6.45) is 3.65. The maximum absolute atomic E-state index is 11.5. The first kappa shape index (κ1) is 14.8. The Hall–Kier alpha value is -0.570. The minimum atomic E-state index is -0.131. The molecule has 1 saturated carbocycles. The second kappa shape index (κ2) is 4.47. The van der Waals surface area contributed by atoms with Gasteiger partial charge >= 0.3 is 5.97 Å². The highest BCUT2D eigenvalue weighted by Gasteiger charge is 2.57. The first-order valence-electron chi connectivity index (χ1n) is 7.49. The number of nitrogens with zero attached hydrogens (tertiary/aromatic N) is 1. The van der Waals surface area contributed by atoms with Crippen molar-refractivity contribution in [1.82, 2.24) is 4.90 Å². The molecular formula is C16H29NO2. The second-order valence-corrected chi connectivity index (χ2v) is 8.18. The second-order valence-electron chi connectivity index (χ2n) is 8.18. The van der Waals surface area contributed by atoms with Gasteiger partial charge in [-0.05, 0) is 33.6 Å². The minimum Gasteiger partial charge on any atom is -0.461 e. The van der Waals surface area contributed by atoms with Gasteiger partial charge in [0, 0.05) is 36.4 Å². The van der Waals surface area contributed by atoms with Crippen molar-refractivity contribution in [1.29, 1.82) is 0 Å². The Morgan fingerprint density at radius 3 is 2.00 bits per heavy atom. The Labute approximate surface area is 117 Å². The van der Waals surface area contributed by atoms with E-state index in [1.165, 1.54) is 6.42 Å². The smallest absolute Gasteiger partial charge is 0.302 e. The summed E-state index contributed by atoms with van der Waals surface area (Å²) < 4.78 is 5.76. The molecule has 1 saturated heterocycles. The van der Waals surface area contributed by atoms with E-state index >= 15 is 0 Å². The van der Waals surface area contributed by atoms with Gasteiger partial charge in [-0.3, -0.25) is 9.69 Å². The topological polar surface area (TPSA) is 29.5 Å². The Kier molecular flexibility index (Phi) is 3.49. The fraction of sp³-hybridized carbons (Fsp3) is 0.938. The van der Waals surface area contributed by atoms with E-state index in [2.05, 4.69) is 39.5 Å². The van der Waals surface area contributed by atoms with Gasteiger partial charge in [-0.15, -0.1) is 0 Å². The van der Waals surface area contributed by atoms with E-state index in [0.717, 1.165) is 25.9 Å². The van der Waals surface area contributed by atoms with E-state index in [4.69, 9.17) is 4.74 Å². The largest absolute Gasteiger partial charge is 0.461 e. The third kappa shape index (κ3) is 2.67. The number of rotatable bonds is 1. The fourth-order valence-corrected chi connectivity index (χ4v) is 4.18. The molecule has 19 heavy (non-hydrogen) atoms. The third-order valence-corrected chi connectivity index (χ3v) is 5.10. The Balaban J connectivity index is 2.32. The first-order valence-corrected chi connectivity index (χ1v) is 7.49. The van der Waals surface area contributed by atoms with Crippen molar-refractivity contribution < 1.29 is 9.53 Å². The maximum Gasteiger partial charge on any atom is 0.302 e. The van der Waals surface area contributed by atoms with E-state index in [-0.39, 0.29) is 28.4 Å². The summed E-state index contributed by atoms with van der Waals surface area (Å²) >= 11 is 0. The number of carbonyl (C=O) groups is 1. The highest BCUT2D eigenvalue weighted by atomic mass is 16.5. The van der Waals surface area contributed by atoms with Crippen LogP contribution in [0.3, 0.4) is 0 Å². The van der Waals surface area contributed by atoms with Gasteiger partial charge in [0.1, 0.15) is 6.10 Å². The first-order chi connectivity index (χ1) is 8.57. The van der Waals surface area contributed by atoms with Crippen molar-refractivity contribution in [3.8, 4) is 0 Å². The van der Waals surface area contributed by atoms with Gasteiger partial charge in [0.25, 0.3) is 0 Å². The van der Waals surface area contributed by atoms with Crippen LogP contribution in [0.1, 0.15) is 60.8 Å².